The van der Waals surface area contributed by atoms with Gasteiger partial charge in [-0.1, -0.05) is 12.1 Å². The largest absolute Gasteiger partial charge is 0.378 e. The molecule has 5 heteroatoms. The van der Waals surface area contributed by atoms with Crippen LogP contribution in [-0.4, -0.2) is 25.3 Å². The molecule has 1 aromatic rings. The van der Waals surface area contributed by atoms with E-state index in [4.69, 9.17) is 10.5 Å². The van der Waals surface area contributed by atoms with Gasteiger partial charge in [-0.3, -0.25) is 0 Å². The van der Waals surface area contributed by atoms with Crippen molar-refractivity contribution in [2.45, 2.75) is 44.8 Å². The van der Waals surface area contributed by atoms with Crippen molar-refractivity contribution in [3.8, 4) is 0 Å². The Balaban J connectivity index is 1.74. The average molecular weight is 291 g/mol. The number of nitrogens with one attached hydrogen (secondary N) is 2. The fraction of sp³-hybridized carbons (Fsp3) is 0.562. The Kier molecular flexibility index (Phi) is 6.02. The normalized spacial score (nSPS) is 20.0. The fourth-order valence-electron chi connectivity index (χ4n) is 2.61. The average Bonchev–Trinajstić information content (AvgIpc) is 2.48. The maximum Gasteiger partial charge on any atom is 0.316 e. The van der Waals surface area contributed by atoms with Crippen LogP contribution < -0.4 is 16.4 Å². The number of hydrogen-bond acceptors (Lipinski definition) is 3. The predicted molar refractivity (Wildman–Crippen MR) is 84.3 cm³/mol. The maximum absolute atomic E-state index is 10.8. The highest BCUT2D eigenvalue weighted by molar-refractivity contribution is 5.87. The van der Waals surface area contributed by atoms with Crippen LogP contribution in [0.5, 0.6) is 0 Å². The number of carbonyl (C=O) groups excluding carboxylic acids is 1. The lowest BCUT2D eigenvalue weighted by Gasteiger charge is -2.23. The quantitative estimate of drug-likeness (QED) is 0.754. The Bertz CT molecular complexity index is 441. The van der Waals surface area contributed by atoms with Gasteiger partial charge in [-0.15, -0.1) is 0 Å². The highest BCUT2D eigenvalue weighted by Crippen LogP contribution is 2.18. The molecule has 5 nitrogen and oxygen atoms in total. The van der Waals surface area contributed by atoms with E-state index in [1.54, 1.807) is 0 Å². The molecule has 4 N–H and O–H groups in total. The number of nitrogens with two attached hydrogens (primary N) is 1. The van der Waals surface area contributed by atoms with Crippen LogP contribution in [0.25, 0.3) is 0 Å². The molecule has 2 unspecified atom stereocenters. The third kappa shape index (κ3) is 5.36. The first-order valence-electron chi connectivity index (χ1n) is 7.66. The maximum atomic E-state index is 10.8. The molecular formula is C16H25N3O2. The number of hydrogen-bond donors (Lipinski definition) is 3. The Morgan fingerprint density at radius 2 is 2.14 bits per heavy atom. The van der Waals surface area contributed by atoms with Crippen molar-refractivity contribution in [3.63, 3.8) is 0 Å². The van der Waals surface area contributed by atoms with E-state index in [1.165, 1.54) is 24.8 Å². The summed E-state index contributed by atoms with van der Waals surface area (Å²) in [6.07, 6.45) is 5.15. The van der Waals surface area contributed by atoms with Gasteiger partial charge in [0.2, 0.25) is 0 Å². The molecule has 1 aliphatic rings. The molecule has 0 aromatic heterocycles. The summed E-state index contributed by atoms with van der Waals surface area (Å²) in [5.41, 5.74) is 6.99. The molecule has 2 atom stereocenters. The summed E-state index contributed by atoms with van der Waals surface area (Å²) < 4.78 is 5.73. The third-order valence-electron chi connectivity index (χ3n) is 3.87. The van der Waals surface area contributed by atoms with E-state index in [2.05, 4.69) is 17.6 Å². The zero-order valence-electron chi connectivity index (χ0n) is 12.6. The Morgan fingerprint density at radius 3 is 2.76 bits per heavy atom. The monoisotopic (exact) mass is 291 g/mol. The van der Waals surface area contributed by atoms with E-state index in [9.17, 15) is 4.79 Å². The summed E-state index contributed by atoms with van der Waals surface area (Å²) in [5, 5.41) is 6.07. The van der Waals surface area contributed by atoms with Crippen molar-refractivity contribution in [2.24, 2.45) is 5.73 Å². The number of primary amides is 1. The van der Waals surface area contributed by atoms with Crippen LogP contribution in [0, 0.1) is 0 Å². The van der Waals surface area contributed by atoms with E-state index < -0.39 is 6.03 Å². The smallest absolute Gasteiger partial charge is 0.316 e. The molecule has 0 bridgehead atoms. The van der Waals surface area contributed by atoms with Crippen LogP contribution >= 0.6 is 0 Å². The van der Waals surface area contributed by atoms with Crippen LogP contribution in [0.3, 0.4) is 0 Å². The second kappa shape index (κ2) is 8.00. The van der Waals surface area contributed by atoms with Crippen LogP contribution in [-0.2, 0) is 4.74 Å². The molecule has 0 radical (unpaired) electrons. The van der Waals surface area contributed by atoms with Crippen molar-refractivity contribution in [1.82, 2.24) is 5.32 Å². The van der Waals surface area contributed by atoms with Gasteiger partial charge in [0.1, 0.15) is 0 Å². The summed E-state index contributed by atoms with van der Waals surface area (Å²) in [5.74, 6) is 0. The zero-order chi connectivity index (χ0) is 15.1. The van der Waals surface area contributed by atoms with Crippen LogP contribution in [0.15, 0.2) is 24.3 Å². The van der Waals surface area contributed by atoms with Gasteiger partial charge in [0, 0.05) is 18.3 Å². The minimum atomic E-state index is -0.540. The number of carbonyl (C=O) groups is 1. The molecule has 21 heavy (non-hydrogen) atoms. The van der Waals surface area contributed by atoms with Crippen molar-refractivity contribution in [1.29, 1.82) is 0 Å². The van der Waals surface area contributed by atoms with Gasteiger partial charge in [-0.25, -0.2) is 4.79 Å². The molecule has 0 saturated carbocycles. The van der Waals surface area contributed by atoms with Crippen LogP contribution in [0.1, 0.15) is 44.2 Å². The summed E-state index contributed by atoms with van der Waals surface area (Å²) in [6.45, 7) is 4.00. The first kappa shape index (κ1) is 15.8. The van der Waals surface area contributed by atoms with Gasteiger partial charge in [0.25, 0.3) is 0 Å². The van der Waals surface area contributed by atoms with Crippen LogP contribution in [0.4, 0.5) is 10.5 Å². The standard InChI is InChI=1S/C16H25N3O2/c1-12(18-10-9-15-4-2-3-11-21-15)13-5-7-14(8-6-13)19-16(17)20/h5-8,12,15,18H,2-4,9-11H2,1H3,(H3,17,19,20). The van der Waals surface area contributed by atoms with Gasteiger partial charge in [-0.05, 0) is 56.8 Å². The Labute approximate surface area is 126 Å². The van der Waals surface area contributed by atoms with Crippen molar-refractivity contribution in [2.75, 3.05) is 18.5 Å². The Hall–Kier alpha value is -1.59. The van der Waals surface area contributed by atoms with E-state index in [-0.39, 0.29) is 6.04 Å². The number of anilines is 1. The van der Waals surface area contributed by atoms with Crippen molar-refractivity contribution >= 4 is 11.7 Å². The molecule has 1 aliphatic heterocycles. The topological polar surface area (TPSA) is 76.4 Å². The van der Waals surface area contributed by atoms with E-state index >= 15 is 0 Å². The van der Waals surface area contributed by atoms with Gasteiger partial charge in [0.05, 0.1) is 6.10 Å². The number of urea groups is 1. The Morgan fingerprint density at radius 1 is 1.38 bits per heavy atom. The van der Waals surface area contributed by atoms with Gasteiger partial charge in [-0.2, -0.15) is 0 Å². The lowest BCUT2D eigenvalue weighted by atomic mass is 10.1. The summed E-state index contributed by atoms with van der Waals surface area (Å²) in [7, 11) is 0. The third-order valence-corrected chi connectivity index (χ3v) is 3.87. The second-order valence-corrected chi connectivity index (χ2v) is 5.56. The summed E-state index contributed by atoms with van der Waals surface area (Å²) in [6, 6.07) is 7.46. The molecule has 1 aromatic carbocycles. The molecule has 116 valence electrons. The molecular weight excluding hydrogens is 266 g/mol. The highest BCUT2D eigenvalue weighted by atomic mass is 16.5. The van der Waals surface area contributed by atoms with Gasteiger partial charge in [0.15, 0.2) is 0 Å². The number of benzene rings is 1. The van der Waals surface area contributed by atoms with E-state index in [1.807, 2.05) is 24.3 Å². The summed E-state index contributed by atoms with van der Waals surface area (Å²) in [4.78, 5) is 10.8. The minimum absolute atomic E-state index is 0.274. The fourth-order valence-corrected chi connectivity index (χ4v) is 2.61. The molecule has 1 heterocycles. The van der Waals surface area contributed by atoms with E-state index in [0.29, 0.717) is 11.8 Å². The number of amides is 2. The zero-order valence-corrected chi connectivity index (χ0v) is 12.6. The lowest BCUT2D eigenvalue weighted by Crippen LogP contribution is -2.27. The first-order valence-corrected chi connectivity index (χ1v) is 7.66. The second-order valence-electron chi connectivity index (χ2n) is 5.56. The molecule has 2 amide bonds. The minimum Gasteiger partial charge on any atom is -0.378 e. The van der Waals surface area contributed by atoms with Gasteiger partial charge >= 0.3 is 6.03 Å². The number of ether oxygens (including phenoxy) is 1. The van der Waals surface area contributed by atoms with Crippen LogP contribution in [0.2, 0.25) is 0 Å². The van der Waals surface area contributed by atoms with Gasteiger partial charge < -0.3 is 21.1 Å². The molecule has 0 aliphatic carbocycles. The summed E-state index contributed by atoms with van der Waals surface area (Å²) >= 11 is 0. The molecule has 0 spiro atoms. The lowest BCUT2D eigenvalue weighted by molar-refractivity contribution is 0.0112. The number of rotatable bonds is 6. The molecule has 1 fully saturated rings. The molecule has 2 rings (SSSR count). The van der Waals surface area contributed by atoms with Crippen molar-refractivity contribution < 1.29 is 9.53 Å². The van der Waals surface area contributed by atoms with Crippen molar-refractivity contribution in [3.05, 3.63) is 29.8 Å². The van der Waals surface area contributed by atoms with E-state index in [0.717, 1.165) is 19.6 Å². The SMILES string of the molecule is CC(NCCC1CCCCO1)c1ccc(NC(N)=O)cc1. The first-order chi connectivity index (χ1) is 10.1. The predicted octanol–water partition coefficient (Wildman–Crippen LogP) is 2.79. The molecule has 1 saturated heterocycles. The highest BCUT2D eigenvalue weighted by Gasteiger charge is 2.13.